The van der Waals surface area contributed by atoms with Gasteiger partial charge in [-0.3, -0.25) is 14.4 Å². The van der Waals surface area contributed by atoms with E-state index >= 15 is 0 Å². The molecule has 1 heterocycles. The predicted octanol–water partition coefficient (Wildman–Crippen LogP) is 3.11. The molecule has 5 nitrogen and oxygen atoms in total. The summed E-state index contributed by atoms with van der Waals surface area (Å²) in [5, 5.41) is 3.06. The van der Waals surface area contributed by atoms with Crippen LogP contribution >= 0.6 is 0 Å². The lowest BCUT2D eigenvalue weighted by Gasteiger charge is -2.33. The number of rotatable bonds is 5. The first kappa shape index (κ1) is 20.1. The van der Waals surface area contributed by atoms with Gasteiger partial charge in [0, 0.05) is 43.0 Å². The molecule has 1 aromatic carbocycles. The number of piperidine rings is 1. The van der Waals surface area contributed by atoms with E-state index in [-0.39, 0.29) is 36.5 Å². The van der Waals surface area contributed by atoms with E-state index < -0.39 is 5.41 Å². The average molecular weight is 358 g/mol. The zero-order chi connectivity index (χ0) is 19.3. The summed E-state index contributed by atoms with van der Waals surface area (Å²) in [7, 11) is 0. The van der Waals surface area contributed by atoms with Crippen LogP contribution in [0.15, 0.2) is 24.3 Å². The summed E-state index contributed by atoms with van der Waals surface area (Å²) in [6.45, 7) is 8.93. The number of ketones is 1. The fraction of sp³-hybridized carbons (Fsp3) is 0.571. The molecule has 1 saturated heterocycles. The number of carbonyl (C=O) groups is 3. The van der Waals surface area contributed by atoms with Crippen LogP contribution in [-0.4, -0.2) is 41.6 Å². The van der Waals surface area contributed by atoms with Gasteiger partial charge in [0.1, 0.15) is 0 Å². The topological polar surface area (TPSA) is 66.5 Å². The first-order chi connectivity index (χ1) is 12.2. The molecule has 2 rings (SSSR count). The van der Waals surface area contributed by atoms with Crippen molar-refractivity contribution in [1.29, 1.82) is 0 Å². The normalized spacial score (nSPS) is 15.6. The van der Waals surface area contributed by atoms with Crippen molar-refractivity contribution in [3.05, 3.63) is 35.4 Å². The summed E-state index contributed by atoms with van der Waals surface area (Å²) in [5.41, 5.74) is 1.37. The van der Waals surface area contributed by atoms with E-state index in [9.17, 15) is 14.4 Å². The molecule has 0 aliphatic carbocycles. The molecule has 1 fully saturated rings. The maximum atomic E-state index is 12.4. The highest BCUT2D eigenvalue weighted by Gasteiger charge is 2.28. The number of Topliss-reactive ketones (excluding diaryl/α,β-unsaturated/α-hetero) is 1. The van der Waals surface area contributed by atoms with Crippen molar-refractivity contribution in [3.8, 4) is 0 Å². The van der Waals surface area contributed by atoms with Gasteiger partial charge >= 0.3 is 0 Å². The lowest BCUT2D eigenvalue weighted by Crippen LogP contribution is -2.49. The third-order valence-corrected chi connectivity index (χ3v) is 4.80. The van der Waals surface area contributed by atoms with Gasteiger partial charge in [-0.1, -0.05) is 50.6 Å². The predicted molar refractivity (Wildman–Crippen MR) is 102 cm³/mol. The quantitative estimate of drug-likeness (QED) is 0.823. The van der Waals surface area contributed by atoms with Crippen molar-refractivity contribution in [2.24, 2.45) is 5.41 Å². The van der Waals surface area contributed by atoms with Crippen molar-refractivity contribution in [3.63, 3.8) is 0 Å². The molecule has 0 saturated carbocycles. The summed E-state index contributed by atoms with van der Waals surface area (Å²) < 4.78 is 0. The van der Waals surface area contributed by atoms with Crippen molar-refractivity contribution in [2.75, 3.05) is 13.1 Å². The van der Waals surface area contributed by atoms with Crippen molar-refractivity contribution < 1.29 is 14.4 Å². The molecule has 2 amide bonds. The number of hydrogen-bond donors (Lipinski definition) is 1. The maximum absolute atomic E-state index is 12.4. The highest BCUT2D eigenvalue weighted by atomic mass is 16.2. The SMILES string of the molecule is Cc1ccc(C(=O)CCC(=O)N2CCC(NC(=O)C(C)(C)C)CC2)cc1. The molecule has 0 spiro atoms. The van der Waals surface area contributed by atoms with Crippen LogP contribution in [0.2, 0.25) is 0 Å². The van der Waals surface area contributed by atoms with Gasteiger partial charge in [-0.05, 0) is 19.8 Å². The Balaban J connectivity index is 1.75. The van der Waals surface area contributed by atoms with Gasteiger partial charge in [0.2, 0.25) is 11.8 Å². The van der Waals surface area contributed by atoms with E-state index in [2.05, 4.69) is 5.32 Å². The van der Waals surface area contributed by atoms with Gasteiger partial charge in [-0.2, -0.15) is 0 Å². The lowest BCUT2D eigenvalue weighted by molar-refractivity contribution is -0.132. The van der Waals surface area contributed by atoms with Gasteiger partial charge in [0.25, 0.3) is 0 Å². The summed E-state index contributed by atoms with van der Waals surface area (Å²) in [4.78, 5) is 38.4. The largest absolute Gasteiger partial charge is 0.353 e. The van der Waals surface area contributed by atoms with Crippen LogP contribution in [0.3, 0.4) is 0 Å². The Bertz CT molecular complexity index is 651. The summed E-state index contributed by atoms with van der Waals surface area (Å²) in [5.74, 6) is 0.0720. The maximum Gasteiger partial charge on any atom is 0.225 e. The van der Waals surface area contributed by atoms with Gasteiger partial charge < -0.3 is 10.2 Å². The molecule has 5 heteroatoms. The van der Waals surface area contributed by atoms with Crippen LogP contribution < -0.4 is 5.32 Å². The fourth-order valence-electron chi connectivity index (χ4n) is 2.94. The summed E-state index contributed by atoms with van der Waals surface area (Å²) in [6.07, 6.45) is 2.01. The van der Waals surface area contributed by atoms with Crippen molar-refractivity contribution in [2.45, 2.75) is 59.4 Å². The number of hydrogen-bond acceptors (Lipinski definition) is 3. The first-order valence-electron chi connectivity index (χ1n) is 9.35. The molecule has 0 bridgehead atoms. The molecule has 0 unspecified atom stereocenters. The van der Waals surface area contributed by atoms with E-state index in [0.717, 1.165) is 18.4 Å². The van der Waals surface area contributed by atoms with E-state index in [1.54, 1.807) is 0 Å². The van der Waals surface area contributed by atoms with Crippen LogP contribution in [-0.2, 0) is 9.59 Å². The van der Waals surface area contributed by atoms with Crippen molar-refractivity contribution >= 4 is 17.6 Å². The molecule has 1 aromatic rings. The Morgan fingerprint density at radius 1 is 1.04 bits per heavy atom. The minimum Gasteiger partial charge on any atom is -0.353 e. The molecule has 0 atom stereocenters. The zero-order valence-electron chi connectivity index (χ0n) is 16.3. The van der Waals surface area contributed by atoms with E-state index in [1.807, 2.05) is 56.9 Å². The molecular weight excluding hydrogens is 328 g/mol. The number of amides is 2. The summed E-state index contributed by atoms with van der Waals surface area (Å²) >= 11 is 0. The Labute approximate surface area is 156 Å². The number of aryl methyl sites for hydroxylation is 1. The van der Waals surface area contributed by atoms with Crippen LogP contribution in [0.4, 0.5) is 0 Å². The van der Waals surface area contributed by atoms with Gasteiger partial charge in [-0.15, -0.1) is 0 Å². The number of likely N-dealkylation sites (tertiary alicyclic amines) is 1. The van der Waals surface area contributed by atoms with Gasteiger partial charge in [-0.25, -0.2) is 0 Å². The Morgan fingerprint density at radius 2 is 1.62 bits per heavy atom. The molecule has 1 aliphatic heterocycles. The van der Waals surface area contributed by atoms with Crippen LogP contribution in [0.1, 0.15) is 62.4 Å². The number of benzene rings is 1. The lowest BCUT2D eigenvalue weighted by atomic mass is 9.94. The molecule has 0 radical (unpaired) electrons. The summed E-state index contributed by atoms with van der Waals surface area (Å²) in [6, 6.07) is 7.56. The standard InChI is InChI=1S/C21H30N2O3/c1-15-5-7-16(8-6-15)18(24)9-10-19(25)23-13-11-17(12-14-23)22-20(26)21(2,3)4/h5-8,17H,9-14H2,1-4H3,(H,22,26). The molecule has 1 N–H and O–H groups in total. The molecule has 1 aliphatic rings. The fourth-order valence-corrected chi connectivity index (χ4v) is 2.94. The van der Waals surface area contributed by atoms with Crippen molar-refractivity contribution in [1.82, 2.24) is 10.2 Å². The second kappa shape index (κ2) is 8.47. The van der Waals surface area contributed by atoms with Crippen LogP contribution in [0, 0.1) is 12.3 Å². The van der Waals surface area contributed by atoms with E-state index in [1.165, 1.54) is 0 Å². The van der Waals surface area contributed by atoms with Crippen LogP contribution in [0.25, 0.3) is 0 Å². The van der Waals surface area contributed by atoms with Gasteiger partial charge in [0.05, 0.1) is 0 Å². The number of nitrogens with zero attached hydrogens (tertiary/aromatic N) is 1. The second-order valence-electron chi connectivity index (χ2n) is 8.17. The Hall–Kier alpha value is -2.17. The Kier molecular flexibility index (Phi) is 6.57. The Morgan fingerprint density at radius 3 is 2.15 bits per heavy atom. The molecule has 26 heavy (non-hydrogen) atoms. The third-order valence-electron chi connectivity index (χ3n) is 4.80. The molecule has 142 valence electrons. The number of carbonyl (C=O) groups excluding carboxylic acids is 3. The van der Waals surface area contributed by atoms with E-state index in [4.69, 9.17) is 0 Å². The highest BCUT2D eigenvalue weighted by Crippen LogP contribution is 2.17. The number of nitrogens with one attached hydrogen (secondary N) is 1. The molecular formula is C21H30N2O3. The monoisotopic (exact) mass is 358 g/mol. The molecule has 0 aromatic heterocycles. The van der Waals surface area contributed by atoms with Crippen LogP contribution in [0.5, 0.6) is 0 Å². The third kappa shape index (κ3) is 5.68. The van der Waals surface area contributed by atoms with E-state index in [0.29, 0.717) is 18.7 Å². The zero-order valence-corrected chi connectivity index (χ0v) is 16.3. The minimum absolute atomic E-state index is 0.00526. The van der Waals surface area contributed by atoms with Gasteiger partial charge in [0.15, 0.2) is 5.78 Å². The second-order valence-corrected chi connectivity index (χ2v) is 8.17. The first-order valence-corrected chi connectivity index (χ1v) is 9.35. The highest BCUT2D eigenvalue weighted by molar-refractivity contribution is 5.98. The smallest absolute Gasteiger partial charge is 0.225 e. The minimum atomic E-state index is -0.400. The average Bonchev–Trinajstić information content (AvgIpc) is 2.59.